The number of carbonyl (C=O) groups excluding carboxylic acids is 1. The molecule has 0 saturated carbocycles. The van der Waals surface area contributed by atoms with Crippen LogP contribution in [0.5, 0.6) is 5.75 Å². The minimum atomic E-state index is -0.355. The third kappa shape index (κ3) is 2.53. The summed E-state index contributed by atoms with van der Waals surface area (Å²) < 4.78 is 6.20. The molecule has 112 valence electrons. The predicted molar refractivity (Wildman–Crippen MR) is 79.3 cm³/mol. The summed E-state index contributed by atoms with van der Waals surface area (Å²) in [7, 11) is 1.55. The lowest BCUT2D eigenvalue weighted by Crippen LogP contribution is -2.15. The molecule has 0 saturated heterocycles. The van der Waals surface area contributed by atoms with Crippen LogP contribution < -0.4 is 15.6 Å². The molecule has 0 aliphatic heterocycles. The van der Waals surface area contributed by atoms with Crippen molar-refractivity contribution >= 4 is 17.6 Å². The van der Waals surface area contributed by atoms with Crippen LogP contribution in [-0.2, 0) is 0 Å². The van der Waals surface area contributed by atoms with E-state index >= 15 is 0 Å². The van der Waals surface area contributed by atoms with Gasteiger partial charge in [-0.15, -0.1) is 0 Å². The molecule has 22 heavy (non-hydrogen) atoms. The molecule has 0 spiro atoms. The standard InChI is InChI=1S/C14H13N5O3/c1-8-7-11(20)19-14(15-8)17-13(18-19)16-12(21)9-3-5-10(22-2)6-4-9/h3-7H,1-2H3,(H2,15,16,17,18,21). The number of ether oxygens (including phenoxy) is 1. The Labute approximate surface area is 124 Å². The smallest absolute Gasteiger partial charge is 0.274 e. The molecule has 8 nitrogen and oxygen atoms in total. The van der Waals surface area contributed by atoms with Gasteiger partial charge in [0.15, 0.2) is 0 Å². The SMILES string of the molecule is COc1ccc(C(=O)Nc2nc3nc(C)cc(=O)n3[nH]2)cc1. The van der Waals surface area contributed by atoms with E-state index in [4.69, 9.17) is 4.74 Å². The van der Waals surface area contributed by atoms with E-state index in [1.54, 1.807) is 38.3 Å². The molecule has 1 amide bonds. The molecule has 0 atom stereocenters. The Morgan fingerprint density at radius 3 is 2.68 bits per heavy atom. The third-order valence-electron chi connectivity index (χ3n) is 3.04. The fourth-order valence-electron chi connectivity index (χ4n) is 1.97. The van der Waals surface area contributed by atoms with Gasteiger partial charge in [-0.25, -0.2) is 4.98 Å². The number of aromatic nitrogens is 4. The van der Waals surface area contributed by atoms with E-state index in [-0.39, 0.29) is 23.2 Å². The van der Waals surface area contributed by atoms with Gasteiger partial charge in [-0.3, -0.25) is 20.0 Å². The number of nitrogens with one attached hydrogen (secondary N) is 2. The summed E-state index contributed by atoms with van der Waals surface area (Å²) in [6, 6.07) is 8.00. The van der Waals surface area contributed by atoms with Gasteiger partial charge in [0.1, 0.15) is 5.75 Å². The Kier molecular flexibility index (Phi) is 3.34. The van der Waals surface area contributed by atoms with E-state index in [2.05, 4.69) is 20.4 Å². The molecule has 1 aromatic carbocycles. The van der Waals surface area contributed by atoms with E-state index in [1.165, 1.54) is 6.07 Å². The number of carbonyl (C=O) groups is 1. The lowest BCUT2D eigenvalue weighted by Gasteiger charge is -2.03. The Morgan fingerprint density at radius 2 is 2.00 bits per heavy atom. The summed E-state index contributed by atoms with van der Waals surface area (Å²) in [4.78, 5) is 32.1. The van der Waals surface area contributed by atoms with Crippen molar-refractivity contribution in [2.24, 2.45) is 0 Å². The highest BCUT2D eigenvalue weighted by Crippen LogP contribution is 2.12. The molecule has 3 rings (SSSR count). The second-order valence-corrected chi connectivity index (χ2v) is 4.63. The van der Waals surface area contributed by atoms with Crippen molar-refractivity contribution in [1.82, 2.24) is 19.6 Å². The molecule has 2 aromatic heterocycles. The first-order chi connectivity index (χ1) is 10.6. The van der Waals surface area contributed by atoms with Gasteiger partial charge in [0.2, 0.25) is 5.95 Å². The fraction of sp³-hybridized carbons (Fsp3) is 0.143. The molecule has 3 aromatic rings. The number of amides is 1. The van der Waals surface area contributed by atoms with E-state index in [1.807, 2.05) is 0 Å². The summed E-state index contributed by atoms with van der Waals surface area (Å²) in [5.41, 5.74) is 0.710. The van der Waals surface area contributed by atoms with Crippen molar-refractivity contribution < 1.29 is 9.53 Å². The van der Waals surface area contributed by atoms with Crippen LogP contribution in [0, 0.1) is 6.92 Å². The minimum Gasteiger partial charge on any atom is -0.497 e. The molecule has 0 aliphatic rings. The number of methoxy groups -OCH3 is 1. The van der Waals surface area contributed by atoms with Gasteiger partial charge in [-0.2, -0.15) is 9.50 Å². The normalized spacial score (nSPS) is 10.6. The fourth-order valence-corrected chi connectivity index (χ4v) is 1.97. The van der Waals surface area contributed by atoms with Crippen LogP contribution in [0.1, 0.15) is 16.1 Å². The van der Waals surface area contributed by atoms with Crippen LogP contribution in [-0.4, -0.2) is 32.6 Å². The van der Waals surface area contributed by atoms with Crippen molar-refractivity contribution in [3.63, 3.8) is 0 Å². The second kappa shape index (κ2) is 5.32. The second-order valence-electron chi connectivity index (χ2n) is 4.63. The molecule has 0 bridgehead atoms. The lowest BCUT2D eigenvalue weighted by molar-refractivity contribution is 0.102. The summed E-state index contributed by atoms with van der Waals surface area (Å²) in [6.45, 7) is 1.70. The Bertz CT molecular complexity index is 895. The Hall–Kier alpha value is -3.16. The summed E-state index contributed by atoms with van der Waals surface area (Å²) in [5, 5.41) is 5.27. The summed E-state index contributed by atoms with van der Waals surface area (Å²) in [6.07, 6.45) is 0. The van der Waals surface area contributed by atoms with Gasteiger partial charge in [-0.05, 0) is 31.2 Å². The zero-order valence-electron chi connectivity index (χ0n) is 12.0. The summed E-state index contributed by atoms with van der Waals surface area (Å²) in [5.74, 6) is 0.657. The van der Waals surface area contributed by atoms with E-state index in [0.717, 1.165) is 4.52 Å². The Morgan fingerprint density at radius 1 is 1.27 bits per heavy atom. The lowest BCUT2D eigenvalue weighted by atomic mass is 10.2. The highest BCUT2D eigenvalue weighted by atomic mass is 16.5. The van der Waals surface area contributed by atoms with Crippen LogP contribution in [0.2, 0.25) is 0 Å². The van der Waals surface area contributed by atoms with Gasteiger partial charge >= 0.3 is 0 Å². The molecule has 8 heteroatoms. The molecule has 2 heterocycles. The first kappa shape index (κ1) is 13.8. The van der Waals surface area contributed by atoms with Gasteiger partial charge in [0.05, 0.1) is 7.11 Å². The number of nitrogens with zero attached hydrogens (tertiary/aromatic N) is 3. The average molecular weight is 299 g/mol. The molecule has 0 aliphatic carbocycles. The Balaban J connectivity index is 1.87. The average Bonchev–Trinajstić information content (AvgIpc) is 2.90. The zero-order chi connectivity index (χ0) is 15.7. The highest BCUT2D eigenvalue weighted by Gasteiger charge is 2.11. The number of rotatable bonds is 3. The largest absolute Gasteiger partial charge is 0.497 e. The number of hydrogen-bond acceptors (Lipinski definition) is 5. The van der Waals surface area contributed by atoms with Crippen LogP contribution in [0.4, 0.5) is 5.95 Å². The topological polar surface area (TPSA) is 101 Å². The number of H-pyrrole nitrogens is 1. The van der Waals surface area contributed by atoms with Gasteiger partial charge in [0.25, 0.3) is 17.2 Å². The quantitative estimate of drug-likeness (QED) is 0.751. The van der Waals surface area contributed by atoms with Crippen LogP contribution in [0.3, 0.4) is 0 Å². The monoisotopic (exact) mass is 299 g/mol. The number of benzene rings is 1. The van der Waals surface area contributed by atoms with Crippen molar-refractivity contribution in [1.29, 1.82) is 0 Å². The molecular formula is C14H13N5O3. The van der Waals surface area contributed by atoms with Gasteiger partial charge in [-0.1, -0.05) is 0 Å². The van der Waals surface area contributed by atoms with E-state index in [0.29, 0.717) is 17.0 Å². The van der Waals surface area contributed by atoms with Crippen molar-refractivity contribution in [2.75, 3.05) is 12.4 Å². The maximum absolute atomic E-state index is 12.1. The van der Waals surface area contributed by atoms with Crippen molar-refractivity contribution in [3.8, 4) is 5.75 Å². The first-order valence-corrected chi connectivity index (χ1v) is 6.48. The zero-order valence-corrected chi connectivity index (χ0v) is 12.0. The summed E-state index contributed by atoms with van der Waals surface area (Å²) >= 11 is 0. The van der Waals surface area contributed by atoms with E-state index < -0.39 is 0 Å². The minimum absolute atomic E-state index is 0.149. The molecule has 0 fully saturated rings. The maximum atomic E-state index is 12.1. The number of aromatic amines is 1. The van der Waals surface area contributed by atoms with Crippen LogP contribution >= 0.6 is 0 Å². The molecule has 0 radical (unpaired) electrons. The van der Waals surface area contributed by atoms with Gasteiger partial charge < -0.3 is 4.74 Å². The van der Waals surface area contributed by atoms with Gasteiger partial charge in [0, 0.05) is 17.3 Å². The molecule has 0 unspecified atom stereocenters. The number of anilines is 1. The highest BCUT2D eigenvalue weighted by molar-refractivity contribution is 6.03. The predicted octanol–water partition coefficient (Wildman–Crippen LogP) is 0.987. The van der Waals surface area contributed by atoms with Crippen molar-refractivity contribution in [2.45, 2.75) is 6.92 Å². The first-order valence-electron chi connectivity index (χ1n) is 6.48. The van der Waals surface area contributed by atoms with Crippen LogP contribution in [0.25, 0.3) is 5.78 Å². The molecular weight excluding hydrogens is 286 g/mol. The van der Waals surface area contributed by atoms with Crippen molar-refractivity contribution in [3.05, 3.63) is 51.9 Å². The van der Waals surface area contributed by atoms with E-state index in [9.17, 15) is 9.59 Å². The maximum Gasteiger partial charge on any atom is 0.274 e. The third-order valence-corrected chi connectivity index (χ3v) is 3.04. The molecule has 2 N–H and O–H groups in total. The number of hydrogen-bond donors (Lipinski definition) is 2. The number of fused-ring (bicyclic) bond motifs is 1. The number of aryl methyl sites for hydroxylation is 1. The van der Waals surface area contributed by atoms with Crippen LogP contribution in [0.15, 0.2) is 35.1 Å².